The van der Waals surface area contributed by atoms with Crippen molar-refractivity contribution >= 4 is 39.1 Å². The van der Waals surface area contributed by atoms with Gasteiger partial charge in [0.05, 0.1) is 21.1 Å². The summed E-state index contributed by atoms with van der Waals surface area (Å²) >= 11 is 9.41. The molecule has 5 heteroatoms. The average Bonchev–Trinajstić information content (AvgIpc) is 2.97. The van der Waals surface area contributed by atoms with E-state index in [-0.39, 0.29) is 11.8 Å². The fraction of sp³-hybridized carbons (Fsp3) is 0.462. The molecule has 2 fully saturated rings. The average molecular weight is 330 g/mol. The highest BCUT2D eigenvalue weighted by Gasteiger charge is 2.42. The maximum Gasteiger partial charge on any atom is 0.229 e. The molecule has 2 N–H and O–H groups in total. The summed E-state index contributed by atoms with van der Waals surface area (Å²) in [5.74, 6) is 0.187. The Morgan fingerprint density at radius 3 is 2.94 bits per heavy atom. The third-order valence-electron chi connectivity index (χ3n) is 3.85. The fourth-order valence-corrected chi connectivity index (χ4v) is 3.48. The Kier molecular flexibility index (Phi) is 3.34. The summed E-state index contributed by atoms with van der Waals surface area (Å²) in [5, 5.41) is 7.05. The quantitative estimate of drug-likeness (QED) is 0.875. The van der Waals surface area contributed by atoms with E-state index >= 15 is 0 Å². The maximum absolute atomic E-state index is 12.3. The lowest BCUT2D eigenvalue weighted by molar-refractivity contribution is -0.120. The maximum atomic E-state index is 12.3. The number of nitrogens with one attached hydrogen (secondary N) is 2. The molecule has 0 aromatic heterocycles. The number of carbonyl (C=O) groups is 1. The van der Waals surface area contributed by atoms with Crippen molar-refractivity contribution in [2.24, 2.45) is 5.92 Å². The van der Waals surface area contributed by atoms with Gasteiger partial charge < -0.3 is 10.6 Å². The Labute approximate surface area is 119 Å². The van der Waals surface area contributed by atoms with Gasteiger partial charge >= 0.3 is 0 Å². The van der Waals surface area contributed by atoms with E-state index in [0.717, 1.165) is 23.0 Å². The van der Waals surface area contributed by atoms with Crippen LogP contribution < -0.4 is 10.6 Å². The van der Waals surface area contributed by atoms with E-state index in [2.05, 4.69) is 26.6 Å². The molecular formula is C13H14BrClN2O. The van der Waals surface area contributed by atoms with Crippen LogP contribution in [0, 0.1) is 5.92 Å². The van der Waals surface area contributed by atoms with Crippen LogP contribution in [-0.4, -0.2) is 18.0 Å². The minimum absolute atomic E-state index is 0.0923. The van der Waals surface area contributed by atoms with Gasteiger partial charge in [0, 0.05) is 12.1 Å². The van der Waals surface area contributed by atoms with Gasteiger partial charge in [0.1, 0.15) is 0 Å². The van der Waals surface area contributed by atoms with Crippen molar-refractivity contribution in [2.75, 3.05) is 5.32 Å². The summed E-state index contributed by atoms with van der Waals surface area (Å²) < 4.78 is 0.746. The number of halogens is 2. The smallest absolute Gasteiger partial charge is 0.229 e. The molecule has 96 valence electrons. The molecule has 0 aliphatic carbocycles. The van der Waals surface area contributed by atoms with Crippen LogP contribution >= 0.6 is 27.5 Å². The first kappa shape index (κ1) is 12.5. The van der Waals surface area contributed by atoms with Crippen molar-refractivity contribution in [3.63, 3.8) is 0 Å². The van der Waals surface area contributed by atoms with Crippen LogP contribution in [0.1, 0.15) is 19.3 Å². The first-order chi connectivity index (χ1) is 8.65. The van der Waals surface area contributed by atoms with Crippen LogP contribution in [0.15, 0.2) is 22.7 Å². The Morgan fingerprint density at radius 2 is 2.28 bits per heavy atom. The number of fused-ring (bicyclic) bond motifs is 2. The number of carbonyl (C=O) groups excluding carboxylic acids is 1. The minimum atomic E-state index is 0.0923. The second-order valence-corrected chi connectivity index (χ2v) is 6.18. The Morgan fingerprint density at radius 1 is 1.44 bits per heavy atom. The van der Waals surface area contributed by atoms with Gasteiger partial charge in [0.2, 0.25) is 5.91 Å². The van der Waals surface area contributed by atoms with E-state index in [1.807, 2.05) is 12.1 Å². The van der Waals surface area contributed by atoms with E-state index in [1.54, 1.807) is 6.07 Å². The van der Waals surface area contributed by atoms with Crippen LogP contribution in [0.5, 0.6) is 0 Å². The molecule has 2 aliphatic rings. The summed E-state index contributed by atoms with van der Waals surface area (Å²) in [6.45, 7) is 0. The topological polar surface area (TPSA) is 41.1 Å². The molecule has 0 radical (unpaired) electrons. The highest BCUT2D eigenvalue weighted by Crippen LogP contribution is 2.35. The Bertz CT molecular complexity index is 494. The fourth-order valence-electron chi connectivity index (χ4n) is 2.94. The van der Waals surface area contributed by atoms with Crippen molar-refractivity contribution in [1.29, 1.82) is 0 Å². The minimum Gasteiger partial charge on any atom is -0.325 e. The highest BCUT2D eigenvalue weighted by molar-refractivity contribution is 9.10. The van der Waals surface area contributed by atoms with Crippen molar-refractivity contribution in [2.45, 2.75) is 31.3 Å². The molecule has 2 saturated heterocycles. The number of hydrogen-bond donors (Lipinski definition) is 2. The van der Waals surface area contributed by atoms with Crippen LogP contribution in [-0.2, 0) is 4.79 Å². The summed E-state index contributed by atoms with van der Waals surface area (Å²) in [7, 11) is 0. The monoisotopic (exact) mass is 328 g/mol. The van der Waals surface area contributed by atoms with Crippen molar-refractivity contribution in [1.82, 2.24) is 5.32 Å². The lowest BCUT2D eigenvalue weighted by atomic mass is 9.88. The van der Waals surface area contributed by atoms with Crippen LogP contribution in [0.25, 0.3) is 0 Å². The first-order valence-electron chi connectivity index (χ1n) is 6.16. The number of anilines is 1. The van der Waals surface area contributed by atoms with Gasteiger partial charge in [-0.1, -0.05) is 17.7 Å². The number of rotatable bonds is 2. The van der Waals surface area contributed by atoms with Gasteiger partial charge in [-0.25, -0.2) is 0 Å². The molecule has 0 saturated carbocycles. The van der Waals surface area contributed by atoms with Gasteiger partial charge in [0.15, 0.2) is 0 Å². The van der Waals surface area contributed by atoms with E-state index in [4.69, 9.17) is 11.6 Å². The lowest BCUT2D eigenvalue weighted by Gasteiger charge is -2.19. The summed E-state index contributed by atoms with van der Waals surface area (Å²) in [5.41, 5.74) is 0.746. The van der Waals surface area contributed by atoms with Crippen LogP contribution in [0.2, 0.25) is 5.02 Å². The van der Waals surface area contributed by atoms with Crippen LogP contribution in [0.4, 0.5) is 5.69 Å². The molecule has 1 amide bonds. The largest absolute Gasteiger partial charge is 0.325 e. The molecule has 2 heterocycles. The molecular weight excluding hydrogens is 316 g/mol. The molecule has 0 spiro atoms. The molecule has 1 aromatic rings. The van der Waals surface area contributed by atoms with E-state index in [1.165, 1.54) is 6.42 Å². The van der Waals surface area contributed by atoms with E-state index < -0.39 is 0 Å². The molecule has 3 nitrogen and oxygen atoms in total. The SMILES string of the molecule is O=C(Nc1cccc(Cl)c1Br)C1CC2CCC1N2. The Balaban J connectivity index is 1.73. The van der Waals surface area contributed by atoms with Crippen molar-refractivity contribution < 1.29 is 4.79 Å². The van der Waals surface area contributed by atoms with Gasteiger partial charge in [-0.05, 0) is 47.3 Å². The third-order valence-corrected chi connectivity index (χ3v) is 5.24. The summed E-state index contributed by atoms with van der Waals surface area (Å²) in [6, 6.07) is 6.37. The molecule has 18 heavy (non-hydrogen) atoms. The normalized spacial score (nSPS) is 29.6. The van der Waals surface area contributed by atoms with Crippen molar-refractivity contribution in [3.8, 4) is 0 Å². The van der Waals surface area contributed by atoms with Gasteiger partial charge in [-0.15, -0.1) is 0 Å². The number of amides is 1. The Hall–Kier alpha value is -0.580. The van der Waals surface area contributed by atoms with Gasteiger partial charge in [0.25, 0.3) is 0 Å². The van der Waals surface area contributed by atoms with E-state index in [0.29, 0.717) is 17.1 Å². The zero-order valence-corrected chi connectivity index (χ0v) is 12.1. The lowest BCUT2D eigenvalue weighted by Crippen LogP contribution is -2.32. The standard InChI is InChI=1S/C13H14BrClN2O/c14-12-9(15)2-1-3-11(12)17-13(18)8-6-7-4-5-10(8)16-7/h1-3,7-8,10,16H,4-6H2,(H,17,18). The summed E-state index contributed by atoms with van der Waals surface area (Å²) in [4.78, 5) is 12.3. The molecule has 3 atom stereocenters. The predicted molar refractivity (Wildman–Crippen MR) is 75.8 cm³/mol. The van der Waals surface area contributed by atoms with Crippen LogP contribution in [0.3, 0.4) is 0 Å². The molecule has 1 aromatic carbocycles. The zero-order valence-electron chi connectivity index (χ0n) is 9.75. The molecule has 3 unspecified atom stereocenters. The first-order valence-corrected chi connectivity index (χ1v) is 7.33. The molecule has 2 aliphatic heterocycles. The van der Waals surface area contributed by atoms with Gasteiger partial charge in [-0.3, -0.25) is 4.79 Å². The number of benzene rings is 1. The predicted octanol–water partition coefficient (Wildman–Crippen LogP) is 3.18. The number of hydrogen-bond acceptors (Lipinski definition) is 2. The third kappa shape index (κ3) is 2.17. The molecule has 3 rings (SSSR count). The van der Waals surface area contributed by atoms with Gasteiger partial charge in [-0.2, -0.15) is 0 Å². The van der Waals surface area contributed by atoms with Crippen molar-refractivity contribution in [3.05, 3.63) is 27.7 Å². The highest BCUT2D eigenvalue weighted by atomic mass is 79.9. The second-order valence-electron chi connectivity index (χ2n) is 4.98. The molecule has 2 bridgehead atoms. The van der Waals surface area contributed by atoms with E-state index in [9.17, 15) is 4.79 Å². The second kappa shape index (κ2) is 4.83. The zero-order chi connectivity index (χ0) is 12.7. The summed E-state index contributed by atoms with van der Waals surface area (Å²) in [6.07, 6.45) is 3.27.